The van der Waals surface area contributed by atoms with Gasteiger partial charge in [0.15, 0.2) is 0 Å². The molecular formula is C8H19NO2S. The Balaban J connectivity index is 4.09. The second-order valence-corrected chi connectivity index (χ2v) is 5.24. The van der Waals surface area contributed by atoms with Crippen LogP contribution in [0.5, 0.6) is 0 Å². The first-order valence-corrected chi connectivity index (χ1v) is 6.08. The lowest BCUT2D eigenvalue weighted by Gasteiger charge is -2.18. The van der Waals surface area contributed by atoms with Crippen LogP contribution in [0, 0.1) is 5.92 Å². The van der Waals surface area contributed by atoms with Crippen molar-refractivity contribution in [1.29, 1.82) is 0 Å². The van der Waals surface area contributed by atoms with Crippen molar-refractivity contribution in [1.82, 2.24) is 4.72 Å². The molecule has 0 saturated carbocycles. The molecule has 2 atom stereocenters. The summed E-state index contributed by atoms with van der Waals surface area (Å²) in [5.74, 6) is 0.555. The van der Waals surface area contributed by atoms with Gasteiger partial charge in [0.25, 0.3) is 0 Å². The van der Waals surface area contributed by atoms with Crippen molar-refractivity contribution in [2.75, 3.05) is 5.75 Å². The van der Waals surface area contributed by atoms with Crippen LogP contribution in [0.4, 0.5) is 0 Å². The highest BCUT2D eigenvalue weighted by Crippen LogP contribution is 2.07. The second-order valence-electron chi connectivity index (χ2n) is 3.20. The first-order chi connectivity index (χ1) is 5.43. The maximum atomic E-state index is 11.1. The van der Waals surface area contributed by atoms with Crippen LogP contribution in [0.1, 0.15) is 34.1 Å². The molecule has 0 aliphatic carbocycles. The topological polar surface area (TPSA) is 46.2 Å². The highest BCUT2D eigenvalue weighted by Gasteiger charge is 2.15. The Morgan fingerprint density at radius 1 is 1.25 bits per heavy atom. The van der Waals surface area contributed by atoms with Gasteiger partial charge in [-0.1, -0.05) is 20.3 Å². The summed E-state index contributed by atoms with van der Waals surface area (Å²) in [5.41, 5.74) is 0. The van der Waals surface area contributed by atoms with Crippen molar-refractivity contribution < 1.29 is 8.42 Å². The van der Waals surface area contributed by atoms with Crippen LogP contribution >= 0.6 is 0 Å². The molecule has 0 spiro atoms. The summed E-state index contributed by atoms with van der Waals surface area (Å²) in [5, 5.41) is 0. The van der Waals surface area contributed by atoms with Gasteiger partial charge in [-0.05, 0) is 19.8 Å². The number of rotatable bonds is 5. The van der Waals surface area contributed by atoms with Crippen molar-refractivity contribution in [2.45, 2.75) is 40.2 Å². The second kappa shape index (κ2) is 4.82. The van der Waals surface area contributed by atoms with Crippen molar-refractivity contribution in [3.63, 3.8) is 0 Å². The quantitative estimate of drug-likeness (QED) is 0.716. The van der Waals surface area contributed by atoms with E-state index in [9.17, 15) is 8.42 Å². The lowest BCUT2D eigenvalue weighted by molar-refractivity contribution is 0.434. The zero-order valence-corrected chi connectivity index (χ0v) is 9.11. The Hall–Kier alpha value is -0.0900. The Labute approximate surface area is 75.6 Å². The van der Waals surface area contributed by atoms with Crippen LogP contribution in [0.3, 0.4) is 0 Å². The SMILES string of the molecule is CCC(C)C(C)NS(=O)(=O)CC. The number of hydrogen-bond acceptors (Lipinski definition) is 2. The third-order valence-corrected chi connectivity index (χ3v) is 3.73. The van der Waals surface area contributed by atoms with E-state index >= 15 is 0 Å². The van der Waals surface area contributed by atoms with Gasteiger partial charge in [-0.15, -0.1) is 0 Å². The highest BCUT2D eigenvalue weighted by atomic mass is 32.2. The molecular weight excluding hydrogens is 174 g/mol. The first-order valence-electron chi connectivity index (χ1n) is 4.43. The molecule has 74 valence electrons. The molecule has 0 aromatic heterocycles. The summed E-state index contributed by atoms with van der Waals surface area (Å²) in [6.45, 7) is 7.65. The minimum atomic E-state index is -3.02. The molecule has 1 N–H and O–H groups in total. The van der Waals surface area contributed by atoms with Gasteiger partial charge < -0.3 is 0 Å². The van der Waals surface area contributed by atoms with E-state index in [1.165, 1.54) is 0 Å². The van der Waals surface area contributed by atoms with Crippen LogP contribution in [0.15, 0.2) is 0 Å². The third kappa shape index (κ3) is 4.07. The molecule has 0 rings (SSSR count). The van der Waals surface area contributed by atoms with Crippen molar-refractivity contribution in [2.24, 2.45) is 5.92 Å². The summed E-state index contributed by atoms with van der Waals surface area (Å²) in [4.78, 5) is 0. The maximum absolute atomic E-state index is 11.1. The van der Waals surface area contributed by atoms with Crippen LogP contribution in [-0.4, -0.2) is 20.2 Å². The van der Waals surface area contributed by atoms with Gasteiger partial charge in [-0.3, -0.25) is 0 Å². The van der Waals surface area contributed by atoms with Crippen LogP contribution < -0.4 is 4.72 Å². The van der Waals surface area contributed by atoms with Crippen LogP contribution in [0.2, 0.25) is 0 Å². The molecule has 0 saturated heterocycles. The largest absolute Gasteiger partial charge is 0.212 e. The van der Waals surface area contributed by atoms with E-state index in [0.29, 0.717) is 5.92 Å². The molecule has 0 heterocycles. The lowest BCUT2D eigenvalue weighted by atomic mass is 10.0. The van der Waals surface area contributed by atoms with Crippen LogP contribution in [0.25, 0.3) is 0 Å². The van der Waals surface area contributed by atoms with Crippen molar-refractivity contribution in [3.05, 3.63) is 0 Å². The molecule has 12 heavy (non-hydrogen) atoms. The molecule has 4 heteroatoms. The smallest absolute Gasteiger partial charge is 0.211 e. The number of hydrogen-bond donors (Lipinski definition) is 1. The van der Waals surface area contributed by atoms with Gasteiger partial charge in [0, 0.05) is 6.04 Å². The van der Waals surface area contributed by atoms with Gasteiger partial charge in [-0.2, -0.15) is 0 Å². The summed E-state index contributed by atoms with van der Waals surface area (Å²) >= 11 is 0. The monoisotopic (exact) mass is 193 g/mol. The zero-order chi connectivity index (χ0) is 9.78. The van der Waals surface area contributed by atoms with E-state index < -0.39 is 10.0 Å². The van der Waals surface area contributed by atoms with Gasteiger partial charge in [0.05, 0.1) is 5.75 Å². The maximum Gasteiger partial charge on any atom is 0.211 e. The molecule has 0 radical (unpaired) electrons. The molecule has 0 amide bonds. The van der Waals surface area contributed by atoms with E-state index in [-0.39, 0.29) is 11.8 Å². The Morgan fingerprint density at radius 3 is 2.08 bits per heavy atom. The van der Waals surface area contributed by atoms with E-state index in [4.69, 9.17) is 0 Å². The molecule has 3 nitrogen and oxygen atoms in total. The summed E-state index contributed by atoms with van der Waals surface area (Å²) in [6.07, 6.45) is 0.993. The summed E-state index contributed by atoms with van der Waals surface area (Å²) in [7, 11) is -3.02. The predicted octanol–water partition coefficient (Wildman–Crippen LogP) is 1.36. The standard InChI is InChI=1S/C8H19NO2S/c1-5-7(3)8(4)9-12(10,11)6-2/h7-9H,5-6H2,1-4H3. The predicted molar refractivity (Wildman–Crippen MR) is 51.5 cm³/mol. The third-order valence-electron chi connectivity index (χ3n) is 2.24. The molecule has 2 unspecified atom stereocenters. The van der Waals surface area contributed by atoms with Crippen molar-refractivity contribution >= 4 is 10.0 Å². The average Bonchev–Trinajstić information content (AvgIpc) is 2.02. The normalized spacial score (nSPS) is 17.3. The minimum absolute atomic E-state index is 0.0416. The van der Waals surface area contributed by atoms with Gasteiger partial charge in [-0.25, -0.2) is 13.1 Å². The Morgan fingerprint density at radius 2 is 1.75 bits per heavy atom. The summed E-state index contributed by atoms with van der Waals surface area (Å²) < 4.78 is 24.9. The average molecular weight is 193 g/mol. The van der Waals surface area contributed by atoms with E-state index in [0.717, 1.165) is 6.42 Å². The summed E-state index contributed by atoms with van der Waals surface area (Å²) in [6, 6.07) is 0.0416. The molecule has 0 aromatic carbocycles. The highest BCUT2D eigenvalue weighted by molar-refractivity contribution is 7.89. The van der Waals surface area contributed by atoms with E-state index in [1.54, 1.807) is 6.92 Å². The van der Waals surface area contributed by atoms with E-state index in [1.807, 2.05) is 13.8 Å². The fraction of sp³-hybridized carbons (Fsp3) is 1.00. The fourth-order valence-electron chi connectivity index (χ4n) is 0.836. The Kier molecular flexibility index (Phi) is 4.78. The lowest BCUT2D eigenvalue weighted by Crippen LogP contribution is -2.37. The molecule has 0 aliphatic rings. The molecule has 0 fully saturated rings. The fourth-order valence-corrected chi connectivity index (χ4v) is 1.80. The minimum Gasteiger partial charge on any atom is -0.212 e. The van der Waals surface area contributed by atoms with Gasteiger partial charge in [0.1, 0.15) is 0 Å². The van der Waals surface area contributed by atoms with E-state index in [2.05, 4.69) is 11.6 Å². The molecule has 0 bridgehead atoms. The first kappa shape index (κ1) is 11.9. The Bertz CT molecular complexity index is 211. The number of sulfonamides is 1. The van der Waals surface area contributed by atoms with Gasteiger partial charge >= 0.3 is 0 Å². The van der Waals surface area contributed by atoms with Gasteiger partial charge in [0.2, 0.25) is 10.0 Å². The molecule has 0 aromatic rings. The van der Waals surface area contributed by atoms with Crippen LogP contribution in [-0.2, 0) is 10.0 Å². The number of nitrogens with one attached hydrogen (secondary N) is 1. The van der Waals surface area contributed by atoms with Crippen molar-refractivity contribution in [3.8, 4) is 0 Å². The molecule has 0 aliphatic heterocycles. The zero-order valence-electron chi connectivity index (χ0n) is 8.29.